The number of hydrogen-bond acceptors (Lipinski definition) is 6. The van der Waals surface area contributed by atoms with E-state index in [0.717, 1.165) is 56.7 Å². The molecule has 0 aliphatic heterocycles. The van der Waals surface area contributed by atoms with Crippen LogP contribution in [0.3, 0.4) is 0 Å². The molecule has 0 heterocycles. The fraction of sp³-hybridized carbons (Fsp3) is 0.146. The minimum absolute atomic E-state index is 0.281. The van der Waals surface area contributed by atoms with E-state index in [4.69, 9.17) is 14.2 Å². The maximum Gasteiger partial charge on any atom is 0.338 e. The summed E-state index contributed by atoms with van der Waals surface area (Å²) in [5, 5.41) is 0. The highest BCUT2D eigenvalue weighted by Gasteiger charge is 2.16. The molecule has 0 N–H and O–H groups in total. The Morgan fingerprint density at radius 1 is 0.617 bits per heavy atom. The standard InChI is InChI=1S/C41H34O6/c1-5-39(42)46-25-23-32-11-7-30(8-12-32)15-17-34-19-21-36(29(3)27-34)37-22-20-35(28-38(37)41(44)45-4)18-16-31-9-13-33(14-10-31)24-26-47-40(43)6-2/h5-14,19-22,27-28H,1-2,23-26H2,3-4H3. The number of carbonyl (C=O) groups excluding carboxylic acids is 3. The molecule has 0 aliphatic rings. The molecule has 0 amide bonds. The number of carbonyl (C=O) groups is 3. The number of hydrogen-bond donors (Lipinski definition) is 0. The Labute approximate surface area is 275 Å². The largest absolute Gasteiger partial charge is 0.465 e. The summed E-state index contributed by atoms with van der Waals surface area (Å²) in [6.07, 6.45) is 3.50. The van der Waals surface area contributed by atoms with Gasteiger partial charge in [0.15, 0.2) is 0 Å². The van der Waals surface area contributed by atoms with Gasteiger partial charge in [0, 0.05) is 47.2 Å². The van der Waals surface area contributed by atoms with Crippen LogP contribution in [0, 0.1) is 30.6 Å². The van der Waals surface area contributed by atoms with Crippen LogP contribution in [0.2, 0.25) is 0 Å². The fourth-order valence-corrected chi connectivity index (χ4v) is 4.63. The van der Waals surface area contributed by atoms with Crippen LogP contribution in [0.5, 0.6) is 0 Å². The van der Waals surface area contributed by atoms with Gasteiger partial charge in [-0.2, -0.15) is 0 Å². The monoisotopic (exact) mass is 622 g/mol. The van der Waals surface area contributed by atoms with Crippen molar-refractivity contribution in [3.63, 3.8) is 0 Å². The first kappa shape index (κ1) is 33.8. The smallest absolute Gasteiger partial charge is 0.338 e. The van der Waals surface area contributed by atoms with Gasteiger partial charge in [-0.15, -0.1) is 0 Å². The molecular formula is C41H34O6. The predicted molar refractivity (Wildman–Crippen MR) is 183 cm³/mol. The molecule has 234 valence electrons. The van der Waals surface area contributed by atoms with Gasteiger partial charge in [0.1, 0.15) is 0 Å². The van der Waals surface area contributed by atoms with Crippen LogP contribution >= 0.6 is 0 Å². The molecule has 4 aromatic rings. The summed E-state index contributed by atoms with van der Waals surface area (Å²) in [5.41, 5.74) is 8.30. The maximum atomic E-state index is 12.8. The average Bonchev–Trinajstić information content (AvgIpc) is 3.10. The Morgan fingerprint density at radius 2 is 1.04 bits per heavy atom. The summed E-state index contributed by atoms with van der Waals surface area (Å²) < 4.78 is 15.2. The van der Waals surface area contributed by atoms with Crippen LogP contribution in [-0.4, -0.2) is 38.2 Å². The molecular weight excluding hydrogens is 588 g/mol. The average molecular weight is 623 g/mol. The molecule has 0 spiro atoms. The minimum atomic E-state index is -0.448. The Kier molecular flexibility index (Phi) is 12.1. The Bertz CT molecular complexity index is 1910. The molecule has 0 radical (unpaired) electrons. The molecule has 0 saturated carbocycles. The van der Waals surface area contributed by atoms with Gasteiger partial charge in [0.2, 0.25) is 0 Å². The van der Waals surface area contributed by atoms with E-state index in [1.54, 1.807) is 6.07 Å². The lowest BCUT2D eigenvalue weighted by molar-refractivity contribution is -0.138. The molecule has 6 heteroatoms. The van der Waals surface area contributed by atoms with E-state index >= 15 is 0 Å². The van der Waals surface area contributed by atoms with Crippen LogP contribution in [0.4, 0.5) is 0 Å². The highest BCUT2D eigenvalue weighted by atomic mass is 16.5. The highest BCUT2D eigenvalue weighted by molar-refractivity contribution is 5.98. The summed E-state index contributed by atoms with van der Waals surface area (Å²) in [7, 11) is 1.36. The summed E-state index contributed by atoms with van der Waals surface area (Å²) >= 11 is 0. The lowest BCUT2D eigenvalue weighted by atomic mass is 9.93. The number of benzene rings is 4. The van der Waals surface area contributed by atoms with Crippen molar-refractivity contribution in [2.75, 3.05) is 20.3 Å². The third-order valence-corrected chi connectivity index (χ3v) is 7.16. The van der Waals surface area contributed by atoms with E-state index < -0.39 is 17.9 Å². The molecule has 0 saturated heterocycles. The number of rotatable bonds is 10. The van der Waals surface area contributed by atoms with E-state index in [-0.39, 0.29) is 6.61 Å². The first-order chi connectivity index (χ1) is 22.8. The van der Waals surface area contributed by atoms with Crippen molar-refractivity contribution < 1.29 is 28.6 Å². The van der Waals surface area contributed by atoms with Gasteiger partial charge in [0.25, 0.3) is 0 Å². The first-order valence-corrected chi connectivity index (χ1v) is 14.9. The Balaban J connectivity index is 1.47. The van der Waals surface area contributed by atoms with Gasteiger partial charge in [0.05, 0.1) is 25.9 Å². The predicted octanol–water partition coefficient (Wildman–Crippen LogP) is 6.79. The van der Waals surface area contributed by atoms with E-state index in [0.29, 0.717) is 30.6 Å². The third-order valence-electron chi connectivity index (χ3n) is 7.16. The number of methoxy groups -OCH3 is 1. The fourth-order valence-electron chi connectivity index (χ4n) is 4.63. The van der Waals surface area contributed by atoms with Crippen molar-refractivity contribution in [1.82, 2.24) is 0 Å². The number of esters is 3. The lowest BCUT2D eigenvalue weighted by Gasteiger charge is -2.12. The number of ether oxygens (including phenoxy) is 3. The maximum absolute atomic E-state index is 12.8. The minimum Gasteiger partial charge on any atom is -0.465 e. The van der Waals surface area contributed by atoms with Crippen molar-refractivity contribution in [1.29, 1.82) is 0 Å². The van der Waals surface area contributed by atoms with Crippen LogP contribution < -0.4 is 0 Å². The summed E-state index contributed by atoms with van der Waals surface area (Å²) in [6, 6.07) is 26.9. The van der Waals surface area contributed by atoms with Crippen molar-refractivity contribution in [2.45, 2.75) is 19.8 Å². The molecule has 47 heavy (non-hydrogen) atoms. The van der Waals surface area contributed by atoms with Gasteiger partial charge >= 0.3 is 17.9 Å². The topological polar surface area (TPSA) is 78.9 Å². The van der Waals surface area contributed by atoms with Gasteiger partial charge in [-0.05, 0) is 83.3 Å². The molecule has 0 aliphatic carbocycles. The quantitative estimate of drug-likeness (QED) is 0.0839. The lowest BCUT2D eigenvalue weighted by Crippen LogP contribution is -2.05. The molecule has 4 rings (SSSR count). The summed E-state index contributed by atoms with van der Waals surface area (Å²) in [4.78, 5) is 35.2. The van der Waals surface area contributed by atoms with Gasteiger partial charge in [-0.1, -0.05) is 73.2 Å². The van der Waals surface area contributed by atoms with Crippen molar-refractivity contribution >= 4 is 17.9 Å². The van der Waals surface area contributed by atoms with Crippen molar-refractivity contribution in [3.05, 3.63) is 155 Å². The zero-order valence-electron chi connectivity index (χ0n) is 26.4. The molecule has 0 fully saturated rings. The normalized spacial score (nSPS) is 9.91. The third kappa shape index (κ3) is 9.94. The van der Waals surface area contributed by atoms with Gasteiger partial charge < -0.3 is 14.2 Å². The van der Waals surface area contributed by atoms with E-state index in [9.17, 15) is 14.4 Å². The summed E-state index contributed by atoms with van der Waals surface area (Å²) in [5.74, 6) is 11.4. The molecule has 0 unspecified atom stereocenters. The zero-order valence-corrected chi connectivity index (χ0v) is 26.4. The SMILES string of the molecule is C=CC(=O)OCCc1ccc(C#Cc2ccc(-c3ccc(C#Cc4ccc(CCOC(=O)C=C)cc4)cc3C(=O)OC)c(C)c2)cc1. The summed E-state index contributed by atoms with van der Waals surface area (Å²) in [6.45, 7) is 9.34. The number of aryl methyl sites for hydroxylation is 1. The van der Waals surface area contributed by atoms with E-state index in [1.807, 2.05) is 85.8 Å². The molecule has 0 bridgehead atoms. The van der Waals surface area contributed by atoms with Crippen molar-refractivity contribution in [2.24, 2.45) is 0 Å². The van der Waals surface area contributed by atoms with E-state index in [1.165, 1.54) is 7.11 Å². The first-order valence-electron chi connectivity index (χ1n) is 14.9. The van der Waals surface area contributed by atoms with Crippen LogP contribution in [-0.2, 0) is 36.6 Å². The Hall–Kier alpha value is -6.11. The Morgan fingerprint density at radius 3 is 1.49 bits per heavy atom. The van der Waals surface area contributed by atoms with E-state index in [2.05, 4.69) is 36.8 Å². The molecule has 0 atom stereocenters. The molecule has 4 aromatic carbocycles. The second kappa shape index (κ2) is 16.8. The van der Waals surface area contributed by atoms with Crippen LogP contribution in [0.1, 0.15) is 49.3 Å². The van der Waals surface area contributed by atoms with Crippen LogP contribution in [0.25, 0.3) is 11.1 Å². The molecule has 0 aromatic heterocycles. The highest BCUT2D eigenvalue weighted by Crippen LogP contribution is 2.29. The second-order valence-corrected chi connectivity index (χ2v) is 10.4. The zero-order chi connectivity index (χ0) is 33.6. The molecule has 6 nitrogen and oxygen atoms in total. The van der Waals surface area contributed by atoms with Crippen LogP contribution in [0.15, 0.2) is 110 Å². The van der Waals surface area contributed by atoms with Gasteiger partial charge in [-0.3, -0.25) is 0 Å². The van der Waals surface area contributed by atoms with Crippen molar-refractivity contribution in [3.8, 4) is 34.8 Å². The second-order valence-electron chi connectivity index (χ2n) is 10.4. The van der Waals surface area contributed by atoms with Gasteiger partial charge in [-0.25, -0.2) is 14.4 Å².